The number of hydrogen-bond acceptors (Lipinski definition) is 4. The molecule has 8 heteroatoms. The molecule has 0 atom stereocenters. The highest BCUT2D eigenvalue weighted by atomic mass is 35.5. The summed E-state index contributed by atoms with van der Waals surface area (Å²) in [6, 6.07) is 4.50. The molecule has 19 heavy (non-hydrogen) atoms. The summed E-state index contributed by atoms with van der Waals surface area (Å²) in [6.07, 6.45) is 1.20. The monoisotopic (exact) mass is 316 g/mol. The van der Waals surface area contributed by atoms with E-state index in [1.165, 1.54) is 24.5 Å². The summed E-state index contributed by atoms with van der Waals surface area (Å²) in [7, 11) is 0. The van der Waals surface area contributed by atoms with E-state index in [1.807, 2.05) is 0 Å². The number of amides is 1. The van der Waals surface area contributed by atoms with Gasteiger partial charge in [-0.25, -0.2) is 9.97 Å². The fraction of sp³-hybridized carbons (Fsp3) is 0. The van der Waals surface area contributed by atoms with E-state index in [4.69, 9.17) is 40.5 Å². The van der Waals surface area contributed by atoms with E-state index >= 15 is 0 Å². The maximum atomic E-state index is 12.0. The minimum Gasteiger partial charge on any atom is -0.398 e. The number of carbonyl (C=O) groups excluding carboxylic acids is 1. The molecule has 1 amide bonds. The molecule has 2 rings (SSSR count). The molecule has 0 spiro atoms. The fourth-order valence-electron chi connectivity index (χ4n) is 1.32. The molecule has 1 heterocycles. The lowest BCUT2D eigenvalue weighted by Gasteiger charge is -2.08. The molecule has 0 aliphatic carbocycles. The number of nitrogens with one attached hydrogen (secondary N) is 1. The molecule has 2 aromatic rings. The molecule has 0 radical (unpaired) electrons. The summed E-state index contributed by atoms with van der Waals surface area (Å²) >= 11 is 17.4. The van der Waals surface area contributed by atoms with Gasteiger partial charge >= 0.3 is 0 Å². The van der Waals surface area contributed by atoms with Crippen molar-refractivity contribution in [2.45, 2.75) is 0 Å². The molecular weight excluding hydrogens is 311 g/mol. The lowest BCUT2D eigenvalue weighted by Crippen LogP contribution is -2.13. The number of halogens is 3. The largest absolute Gasteiger partial charge is 0.398 e. The number of nitrogens with zero attached hydrogens (tertiary/aromatic N) is 2. The molecule has 0 aliphatic heterocycles. The molecule has 0 saturated carbocycles. The summed E-state index contributed by atoms with van der Waals surface area (Å²) in [6.45, 7) is 0. The molecule has 0 unspecified atom stereocenters. The van der Waals surface area contributed by atoms with E-state index < -0.39 is 5.91 Å². The molecule has 0 saturated heterocycles. The third-order valence-corrected chi connectivity index (χ3v) is 3.17. The van der Waals surface area contributed by atoms with Crippen LogP contribution in [0.15, 0.2) is 24.5 Å². The Labute approximate surface area is 123 Å². The van der Waals surface area contributed by atoms with Crippen molar-refractivity contribution in [3.8, 4) is 0 Å². The lowest BCUT2D eigenvalue weighted by molar-refractivity contribution is 0.102. The normalized spacial score (nSPS) is 10.3. The predicted molar refractivity (Wildman–Crippen MR) is 75.9 cm³/mol. The molecule has 3 N–H and O–H groups in total. The summed E-state index contributed by atoms with van der Waals surface area (Å²) in [5, 5.41) is 2.99. The number of carbonyl (C=O) groups is 1. The zero-order valence-electron chi connectivity index (χ0n) is 9.32. The van der Waals surface area contributed by atoms with E-state index in [9.17, 15) is 4.79 Å². The maximum absolute atomic E-state index is 12.0. The van der Waals surface area contributed by atoms with Crippen LogP contribution in [0.4, 0.5) is 11.4 Å². The van der Waals surface area contributed by atoms with Crippen LogP contribution in [0.25, 0.3) is 0 Å². The van der Waals surface area contributed by atoms with Gasteiger partial charge in [0.1, 0.15) is 12.0 Å². The zero-order valence-corrected chi connectivity index (χ0v) is 11.6. The van der Waals surface area contributed by atoms with Gasteiger partial charge in [-0.05, 0) is 18.2 Å². The van der Waals surface area contributed by atoms with Crippen molar-refractivity contribution in [1.82, 2.24) is 9.97 Å². The van der Waals surface area contributed by atoms with Crippen LogP contribution >= 0.6 is 34.8 Å². The van der Waals surface area contributed by atoms with Gasteiger partial charge in [0.05, 0.1) is 10.7 Å². The summed E-state index contributed by atoms with van der Waals surface area (Å²) in [5.74, 6) is -0.443. The Morgan fingerprint density at radius 3 is 2.37 bits per heavy atom. The van der Waals surface area contributed by atoms with Crippen LogP contribution < -0.4 is 11.1 Å². The molecule has 1 aromatic heterocycles. The number of nitrogens with two attached hydrogens (primary N) is 1. The van der Waals surface area contributed by atoms with Gasteiger partial charge in [-0.1, -0.05) is 34.8 Å². The van der Waals surface area contributed by atoms with Gasteiger partial charge in [0, 0.05) is 5.56 Å². The lowest BCUT2D eigenvalue weighted by atomic mass is 10.2. The van der Waals surface area contributed by atoms with E-state index in [1.54, 1.807) is 0 Å². The van der Waals surface area contributed by atoms with Gasteiger partial charge < -0.3 is 11.1 Å². The van der Waals surface area contributed by atoms with Gasteiger partial charge in [0.25, 0.3) is 5.91 Å². The Morgan fingerprint density at radius 1 is 1.16 bits per heavy atom. The third-order valence-electron chi connectivity index (χ3n) is 2.25. The van der Waals surface area contributed by atoms with Crippen molar-refractivity contribution in [3.63, 3.8) is 0 Å². The predicted octanol–water partition coefficient (Wildman–Crippen LogP) is 3.27. The van der Waals surface area contributed by atoms with Crippen molar-refractivity contribution < 1.29 is 4.79 Å². The Balaban J connectivity index is 2.28. The van der Waals surface area contributed by atoms with E-state index in [-0.39, 0.29) is 16.0 Å². The first kappa shape index (κ1) is 13.9. The van der Waals surface area contributed by atoms with Gasteiger partial charge in [-0.2, -0.15) is 0 Å². The van der Waals surface area contributed by atoms with Crippen LogP contribution in [0.3, 0.4) is 0 Å². The molecule has 98 valence electrons. The SMILES string of the molecule is Nc1cc(C(=O)Nc2c(Cl)ncnc2Cl)ccc1Cl. The first-order valence-corrected chi connectivity index (χ1v) is 6.15. The van der Waals surface area contributed by atoms with Crippen LogP contribution in [-0.4, -0.2) is 15.9 Å². The number of anilines is 2. The highest BCUT2D eigenvalue weighted by molar-refractivity contribution is 6.38. The quantitative estimate of drug-likeness (QED) is 0.658. The molecule has 0 bridgehead atoms. The van der Waals surface area contributed by atoms with Crippen molar-refractivity contribution in [1.29, 1.82) is 0 Å². The van der Waals surface area contributed by atoms with Gasteiger partial charge in [0.2, 0.25) is 0 Å². The molecule has 1 aromatic carbocycles. The molecular formula is C11H7Cl3N4O. The van der Waals surface area contributed by atoms with Crippen LogP contribution in [-0.2, 0) is 0 Å². The first-order chi connectivity index (χ1) is 8.99. The number of hydrogen-bond donors (Lipinski definition) is 2. The van der Waals surface area contributed by atoms with Gasteiger partial charge in [-0.15, -0.1) is 0 Å². The topological polar surface area (TPSA) is 80.9 Å². The number of nitrogen functional groups attached to an aromatic ring is 1. The van der Waals surface area contributed by atoms with E-state index in [0.717, 1.165) is 0 Å². The minimum absolute atomic E-state index is 0.0512. The number of rotatable bonds is 2. The first-order valence-electron chi connectivity index (χ1n) is 5.01. The van der Waals surface area contributed by atoms with Crippen LogP contribution in [0.2, 0.25) is 15.3 Å². The van der Waals surface area contributed by atoms with Crippen LogP contribution in [0.1, 0.15) is 10.4 Å². The van der Waals surface area contributed by atoms with E-state index in [2.05, 4.69) is 15.3 Å². The molecule has 5 nitrogen and oxygen atoms in total. The second kappa shape index (κ2) is 5.61. The van der Waals surface area contributed by atoms with Crippen LogP contribution in [0.5, 0.6) is 0 Å². The Kier molecular flexibility index (Phi) is 4.09. The smallest absolute Gasteiger partial charge is 0.255 e. The van der Waals surface area contributed by atoms with Crippen molar-refractivity contribution in [2.75, 3.05) is 11.1 Å². The maximum Gasteiger partial charge on any atom is 0.255 e. The summed E-state index contributed by atoms with van der Waals surface area (Å²) in [5.41, 5.74) is 6.38. The Hall–Kier alpha value is -1.56. The van der Waals surface area contributed by atoms with Gasteiger partial charge in [-0.3, -0.25) is 4.79 Å². The van der Waals surface area contributed by atoms with Crippen LogP contribution in [0, 0.1) is 0 Å². The average molecular weight is 318 g/mol. The van der Waals surface area contributed by atoms with E-state index in [0.29, 0.717) is 16.3 Å². The zero-order chi connectivity index (χ0) is 14.0. The highest BCUT2D eigenvalue weighted by Gasteiger charge is 2.14. The van der Waals surface area contributed by atoms with Crippen molar-refractivity contribution >= 4 is 52.1 Å². The second-order valence-corrected chi connectivity index (χ2v) is 4.64. The summed E-state index contributed by atoms with van der Waals surface area (Å²) < 4.78 is 0. The standard InChI is InChI=1S/C11H7Cl3N4O/c12-6-2-1-5(3-7(6)15)11(19)18-8-9(13)16-4-17-10(8)14/h1-4H,15H2,(H,18,19). The minimum atomic E-state index is -0.443. The van der Waals surface area contributed by atoms with Crippen molar-refractivity contribution in [3.05, 3.63) is 45.4 Å². The molecule has 0 fully saturated rings. The second-order valence-electron chi connectivity index (χ2n) is 3.52. The third kappa shape index (κ3) is 3.07. The Morgan fingerprint density at radius 2 is 1.79 bits per heavy atom. The number of aromatic nitrogens is 2. The Bertz CT molecular complexity index is 628. The van der Waals surface area contributed by atoms with Crippen molar-refractivity contribution in [2.24, 2.45) is 0 Å². The fourth-order valence-corrected chi connectivity index (χ4v) is 1.84. The van der Waals surface area contributed by atoms with Gasteiger partial charge in [0.15, 0.2) is 10.3 Å². The highest BCUT2D eigenvalue weighted by Crippen LogP contribution is 2.27. The average Bonchev–Trinajstić information content (AvgIpc) is 2.37. The summed E-state index contributed by atoms with van der Waals surface area (Å²) in [4.78, 5) is 19.5. The number of benzene rings is 1. The molecule has 0 aliphatic rings.